The lowest BCUT2D eigenvalue weighted by Crippen LogP contribution is -2.14. The van der Waals surface area contributed by atoms with Gasteiger partial charge in [-0.25, -0.2) is 0 Å². The molecule has 22 heavy (non-hydrogen) atoms. The smallest absolute Gasteiger partial charge is 0.255 e. The van der Waals surface area contributed by atoms with Gasteiger partial charge in [0.1, 0.15) is 11.5 Å². The molecule has 0 bridgehead atoms. The zero-order valence-electron chi connectivity index (χ0n) is 11.8. The van der Waals surface area contributed by atoms with Gasteiger partial charge >= 0.3 is 0 Å². The van der Waals surface area contributed by atoms with Crippen molar-refractivity contribution in [1.82, 2.24) is 0 Å². The molecule has 0 aliphatic carbocycles. The van der Waals surface area contributed by atoms with Crippen molar-refractivity contribution >= 4 is 23.2 Å². The summed E-state index contributed by atoms with van der Waals surface area (Å²) < 4.78 is 5.12. The molecule has 7 heteroatoms. The Labute approximate surface area is 126 Å². The molecule has 0 saturated heterocycles. The van der Waals surface area contributed by atoms with Crippen molar-refractivity contribution in [2.75, 3.05) is 18.2 Å². The first kappa shape index (κ1) is 15.2. The van der Waals surface area contributed by atoms with E-state index in [1.54, 1.807) is 0 Å². The molecule has 2 amide bonds. The van der Waals surface area contributed by atoms with Crippen LogP contribution in [0.4, 0.5) is 11.4 Å². The number of nitrogen functional groups attached to an aromatic ring is 1. The van der Waals surface area contributed by atoms with Gasteiger partial charge in [-0.15, -0.1) is 0 Å². The van der Waals surface area contributed by atoms with E-state index in [0.29, 0.717) is 11.4 Å². The lowest BCUT2D eigenvalue weighted by Gasteiger charge is -2.11. The minimum Gasteiger partial charge on any atom is -0.506 e. The molecule has 0 heterocycles. The number of nitrogens with two attached hydrogens (primary N) is 2. The Morgan fingerprint density at radius 1 is 1.14 bits per heavy atom. The summed E-state index contributed by atoms with van der Waals surface area (Å²) in [5, 5.41) is 12.2. The van der Waals surface area contributed by atoms with Crippen LogP contribution in [0.15, 0.2) is 36.4 Å². The van der Waals surface area contributed by atoms with Crippen LogP contribution in [0.2, 0.25) is 0 Å². The lowest BCUT2D eigenvalue weighted by molar-refractivity contribution is 0.0998. The van der Waals surface area contributed by atoms with Gasteiger partial charge in [0.05, 0.1) is 18.5 Å². The van der Waals surface area contributed by atoms with Gasteiger partial charge in [0.15, 0.2) is 0 Å². The Hall–Kier alpha value is -3.22. The van der Waals surface area contributed by atoms with E-state index >= 15 is 0 Å². The first-order valence-electron chi connectivity index (χ1n) is 6.30. The first-order valence-corrected chi connectivity index (χ1v) is 6.30. The van der Waals surface area contributed by atoms with E-state index in [1.165, 1.54) is 43.5 Å². The van der Waals surface area contributed by atoms with Crippen molar-refractivity contribution in [3.8, 4) is 11.5 Å². The Morgan fingerprint density at radius 2 is 1.82 bits per heavy atom. The van der Waals surface area contributed by atoms with Crippen LogP contribution in [-0.4, -0.2) is 24.0 Å². The SMILES string of the molecule is COc1cc(C(N)=O)ccc1NC(=O)c1ccc(N)c(O)c1. The third kappa shape index (κ3) is 3.09. The normalized spacial score (nSPS) is 10.0. The Morgan fingerprint density at radius 3 is 2.41 bits per heavy atom. The Kier molecular flexibility index (Phi) is 4.17. The number of benzene rings is 2. The number of carbonyl (C=O) groups is 2. The molecule has 2 aromatic rings. The lowest BCUT2D eigenvalue weighted by atomic mass is 10.1. The number of amides is 2. The second-order valence-electron chi connectivity index (χ2n) is 4.51. The predicted molar refractivity (Wildman–Crippen MR) is 82.0 cm³/mol. The first-order chi connectivity index (χ1) is 10.4. The molecule has 0 aliphatic rings. The largest absolute Gasteiger partial charge is 0.506 e. The van der Waals surface area contributed by atoms with Crippen molar-refractivity contribution in [2.24, 2.45) is 5.73 Å². The van der Waals surface area contributed by atoms with Gasteiger partial charge in [-0.05, 0) is 36.4 Å². The highest BCUT2D eigenvalue weighted by Gasteiger charge is 2.13. The summed E-state index contributed by atoms with van der Waals surface area (Å²) in [5.41, 5.74) is 11.7. The third-order valence-electron chi connectivity index (χ3n) is 3.03. The number of nitrogens with one attached hydrogen (secondary N) is 1. The second-order valence-corrected chi connectivity index (χ2v) is 4.51. The summed E-state index contributed by atoms with van der Waals surface area (Å²) >= 11 is 0. The summed E-state index contributed by atoms with van der Waals surface area (Å²) in [6.45, 7) is 0. The second kappa shape index (κ2) is 6.04. The molecule has 0 aliphatic heterocycles. The van der Waals surface area contributed by atoms with Crippen molar-refractivity contribution in [1.29, 1.82) is 0 Å². The van der Waals surface area contributed by atoms with Crippen molar-refractivity contribution in [3.05, 3.63) is 47.5 Å². The molecule has 0 fully saturated rings. The molecule has 0 aromatic heterocycles. The summed E-state index contributed by atoms with van der Waals surface area (Å²) in [6, 6.07) is 8.58. The van der Waals surface area contributed by atoms with Crippen molar-refractivity contribution in [3.63, 3.8) is 0 Å². The van der Waals surface area contributed by atoms with Crippen LogP contribution >= 0.6 is 0 Å². The molecule has 0 unspecified atom stereocenters. The van der Waals surface area contributed by atoms with Crippen molar-refractivity contribution in [2.45, 2.75) is 0 Å². The van der Waals surface area contributed by atoms with Gasteiger partial charge < -0.3 is 26.6 Å². The number of rotatable bonds is 4. The number of methoxy groups -OCH3 is 1. The fourth-order valence-electron chi connectivity index (χ4n) is 1.83. The summed E-state index contributed by atoms with van der Waals surface area (Å²) in [7, 11) is 1.41. The molecule has 0 spiro atoms. The quantitative estimate of drug-likeness (QED) is 0.500. The molecule has 0 saturated carbocycles. The van der Waals surface area contributed by atoms with Crippen LogP contribution in [0.25, 0.3) is 0 Å². The molecular formula is C15H15N3O4. The van der Waals surface area contributed by atoms with E-state index in [-0.39, 0.29) is 22.6 Å². The molecule has 2 aromatic carbocycles. The van der Waals surface area contributed by atoms with Crippen LogP contribution < -0.4 is 21.5 Å². The highest BCUT2D eigenvalue weighted by atomic mass is 16.5. The van der Waals surface area contributed by atoms with Crippen LogP contribution in [0, 0.1) is 0 Å². The average molecular weight is 301 g/mol. The molecular weight excluding hydrogens is 286 g/mol. The number of phenols is 1. The molecule has 2 rings (SSSR count). The number of primary amides is 1. The number of anilines is 2. The van der Waals surface area contributed by atoms with Crippen LogP contribution in [0.1, 0.15) is 20.7 Å². The molecule has 114 valence electrons. The number of phenolic OH excluding ortho intramolecular Hbond substituents is 1. The Bertz CT molecular complexity index is 744. The maximum Gasteiger partial charge on any atom is 0.255 e. The molecule has 0 atom stereocenters. The van der Waals surface area contributed by atoms with E-state index in [1.807, 2.05) is 0 Å². The summed E-state index contributed by atoms with van der Waals surface area (Å²) in [4.78, 5) is 23.3. The highest BCUT2D eigenvalue weighted by molar-refractivity contribution is 6.06. The van der Waals surface area contributed by atoms with Gasteiger partial charge in [-0.1, -0.05) is 0 Å². The summed E-state index contributed by atoms with van der Waals surface area (Å²) in [6.07, 6.45) is 0. The third-order valence-corrected chi connectivity index (χ3v) is 3.03. The monoisotopic (exact) mass is 301 g/mol. The van der Waals surface area contributed by atoms with E-state index < -0.39 is 11.8 Å². The minimum atomic E-state index is -0.598. The number of ether oxygens (including phenoxy) is 1. The number of aromatic hydroxyl groups is 1. The number of carbonyl (C=O) groups excluding carboxylic acids is 2. The zero-order chi connectivity index (χ0) is 16.3. The van der Waals surface area contributed by atoms with Gasteiger partial charge in [0.25, 0.3) is 5.91 Å². The van der Waals surface area contributed by atoms with Crippen LogP contribution in [0.3, 0.4) is 0 Å². The minimum absolute atomic E-state index is 0.177. The molecule has 0 radical (unpaired) electrons. The fraction of sp³-hybridized carbons (Fsp3) is 0.0667. The summed E-state index contributed by atoms with van der Waals surface area (Å²) in [5.74, 6) is -0.937. The Balaban J connectivity index is 2.27. The standard InChI is InChI=1S/C15H15N3O4/c1-22-13-7-8(14(17)20)3-5-11(13)18-15(21)9-2-4-10(16)12(19)6-9/h2-7,19H,16H2,1H3,(H2,17,20)(H,18,21). The van der Waals surface area contributed by atoms with E-state index in [2.05, 4.69) is 5.32 Å². The van der Waals surface area contributed by atoms with Gasteiger partial charge in [-0.3, -0.25) is 9.59 Å². The fourth-order valence-corrected chi connectivity index (χ4v) is 1.83. The average Bonchev–Trinajstić information content (AvgIpc) is 2.50. The van der Waals surface area contributed by atoms with Crippen molar-refractivity contribution < 1.29 is 19.4 Å². The highest BCUT2D eigenvalue weighted by Crippen LogP contribution is 2.27. The maximum absolute atomic E-state index is 12.2. The topological polar surface area (TPSA) is 128 Å². The van der Waals surface area contributed by atoms with Crippen LogP contribution in [-0.2, 0) is 0 Å². The number of hydrogen-bond acceptors (Lipinski definition) is 5. The molecule has 6 N–H and O–H groups in total. The number of hydrogen-bond donors (Lipinski definition) is 4. The maximum atomic E-state index is 12.2. The van der Waals surface area contributed by atoms with E-state index in [9.17, 15) is 14.7 Å². The van der Waals surface area contributed by atoms with Gasteiger partial charge in [0.2, 0.25) is 5.91 Å². The van der Waals surface area contributed by atoms with Gasteiger partial charge in [0, 0.05) is 11.1 Å². The molecule has 7 nitrogen and oxygen atoms in total. The zero-order valence-corrected chi connectivity index (χ0v) is 11.8. The van der Waals surface area contributed by atoms with E-state index in [4.69, 9.17) is 16.2 Å². The predicted octanol–water partition coefficient (Wildman–Crippen LogP) is 1.33. The van der Waals surface area contributed by atoms with Crippen LogP contribution in [0.5, 0.6) is 11.5 Å². The van der Waals surface area contributed by atoms with Gasteiger partial charge in [-0.2, -0.15) is 0 Å². The van der Waals surface area contributed by atoms with E-state index in [0.717, 1.165) is 0 Å².